The fraction of sp³-hybridized carbons (Fsp3) is 0.182. The van der Waals surface area contributed by atoms with Gasteiger partial charge in [-0.2, -0.15) is 0 Å². The van der Waals surface area contributed by atoms with Gasteiger partial charge in [0.05, 0.1) is 5.52 Å². The lowest BCUT2D eigenvalue weighted by Gasteiger charge is -2.04. The predicted octanol–water partition coefficient (Wildman–Crippen LogP) is 1.82. The van der Waals surface area contributed by atoms with E-state index in [9.17, 15) is 13.6 Å². The van der Waals surface area contributed by atoms with Gasteiger partial charge in [0, 0.05) is 24.1 Å². The number of nitrogens with one attached hydrogen (secondary N) is 1. The Kier molecular flexibility index (Phi) is 4.26. The molecule has 1 aromatic carbocycles. The van der Waals surface area contributed by atoms with Gasteiger partial charge in [-0.25, -0.2) is 8.78 Å². The molecule has 1 atom stereocenters. The number of carbonyl (C=O) groups is 1. The highest BCUT2D eigenvalue weighted by molar-refractivity contribution is 5.85. The van der Waals surface area contributed by atoms with E-state index in [1.54, 1.807) is 0 Å². The van der Waals surface area contributed by atoms with Crippen LogP contribution in [0.4, 0.5) is 8.78 Å². The summed E-state index contributed by atoms with van der Waals surface area (Å²) in [5.74, 6) is -2.58. The number of halogens is 3. The smallest absolute Gasteiger partial charge is 0.320 e. The Morgan fingerprint density at radius 2 is 2.11 bits per heavy atom. The molecule has 0 spiro atoms. The van der Waals surface area contributed by atoms with Gasteiger partial charge in [-0.1, -0.05) is 0 Å². The summed E-state index contributed by atoms with van der Waals surface area (Å²) in [6, 6.07) is 0.818. The zero-order valence-corrected chi connectivity index (χ0v) is 9.93. The van der Waals surface area contributed by atoms with E-state index in [-0.39, 0.29) is 24.3 Å². The molecule has 0 saturated carbocycles. The zero-order chi connectivity index (χ0) is 12.6. The van der Waals surface area contributed by atoms with Crippen LogP contribution in [0.15, 0.2) is 18.3 Å². The number of carboxylic acid groups (broad SMARTS) is 1. The number of benzene rings is 1. The molecular formula is C11H11ClF2N2O2. The lowest BCUT2D eigenvalue weighted by atomic mass is 10.1. The molecule has 2 aromatic rings. The fourth-order valence-electron chi connectivity index (χ4n) is 1.70. The van der Waals surface area contributed by atoms with Crippen molar-refractivity contribution in [1.29, 1.82) is 0 Å². The lowest BCUT2D eigenvalue weighted by Crippen LogP contribution is -2.32. The minimum Gasteiger partial charge on any atom is -0.480 e. The molecule has 4 N–H and O–H groups in total. The topological polar surface area (TPSA) is 79.1 Å². The highest BCUT2D eigenvalue weighted by Crippen LogP contribution is 2.23. The predicted molar refractivity (Wildman–Crippen MR) is 64.8 cm³/mol. The summed E-state index contributed by atoms with van der Waals surface area (Å²) in [6.07, 6.45) is 1.45. The Morgan fingerprint density at radius 1 is 1.44 bits per heavy atom. The molecule has 0 aliphatic heterocycles. The molecule has 0 bridgehead atoms. The summed E-state index contributed by atoms with van der Waals surface area (Å²) in [7, 11) is 0. The van der Waals surface area contributed by atoms with E-state index < -0.39 is 23.6 Å². The molecule has 0 aliphatic carbocycles. The van der Waals surface area contributed by atoms with Crippen molar-refractivity contribution < 1.29 is 18.7 Å². The third-order valence-corrected chi connectivity index (χ3v) is 2.55. The molecular weight excluding hydrogens is 266 g/mol. The summed E-state index contributed by atoms with van der Waals surface area (Å²) in [5.41, 5.74) is 6.01. The molecule has 98 valence electrons. The maximum absolute atomic E-state index is 13.3. The van der Waals surface area contributed by atoms with Gasteiger partial charge >= 0.3 is 5.97 Å². The first-order valence-electron chi connectivity index (χ1n) is 4.92. The third-order valence-electron chi connectivity index (χ3n) is 2.55. The average Bonchev–Trinajstić information content (AvgIpc) is 2.61. The molecule has 4 nitrogen and oxygen atoms in total. The molecule has 0 fully saturated rings. The molecule has 1 heterocycles. The van der Waals surface area contributed by atoms with Gasteiger partial charge < -0.3 is 15.8 Å². The quantitative estimate of drug-likeness (QED) is 0.800. The summed E-state index contributed by atoms with van der Waals surface area (Å²) >= 11 is 0. The normalized spacial score (nSPS) is 12.2. The van der Waals surface area contributed by atoms with Crippen molar-refractivity contribution in [3.8, 4) is 0 Å². The Labute approximate surface area is 107 Å². The minimum absolute atomic E-state index is 0. The molecule has 0 aliphatic rings. The Balaban J connectivity index is 0.00000162. The van der Waals surface area contributed by atoms with Crippen molar-refractivity contribution in [3.63, 3.8) is 0 Å². The lowest BCUT2D eigenvalue weighted by molar-refractivity contribution is -0.138. The number of aliphatic carboxylic acids is 1. The number of nitrogens with two attached hydrogens (primary N) is 1. The van der Waals surface area contributed by atoms with Gasteiger partial charge in [-0.15, -0.1) is 12.4 Å². The number of carboxylic acids is 1. The van der Waals surface area contributed by atoms with Crippen LogP contribution < -0.4 is 5.73 Å². The monoisotopic (exact) mass is 276 g/mol. The summed E-state index contributed by atoms with van der Waals surface area (Å²) in [6.45, 7) is 0. The van der Waals surface area contributed by atoms with Crippen molar-refractivity contribution in [2.24, 2.45) is 5.73 Å². The molecule has 0 amide bonds. The summed E-state index contributed by atoms with van der Waals surface area (Å²) < 4.78 is 26.4. The number of H-pyrrole nitrogens is 1. The van der Waals surface area contributed by atoms with Gasteiger partial charge in [0.2, 0.25) is 0 Å². The number of aromatic nitrogens is 1. The first-order valence-corrected chi connectivity index (χ1v) is 4.92. The van der Waals surface area contributed by atoms with Crippen molar-refractivity contribution in [2.45, 2.75) is 12.5 Å². The van der Waals surface area contributed by atoms with E-state index in [1.807, 2.05) is 0 Å². The maximum atomic E-state index is 13.3. The molecule has 1 aromatic heterocycles. The number of hydrogen-bond donors (Lipinski definition) is 3. The van der Waals surface area contributed by atoms with E-state index in [0.717, 1.165) is 12.1 Å². The van der Waals surface area contributed by atoms with Gasteiger partial charge in [-0.3, -0.25) is 4.79 Å². The van der Waals surface area contributed by atoms with E-state index in [2.05, 4.69) is 4.98 Å². The van der Waals surface area contributed by atoms with Crippen LogP contribution in [0.2, 0.25) is 0 Å². The van der Waals surface area contributed by atoms with Crippen molar-refractivity contribution >= 4 is 29.3 Å². The van der Waals surface area contributed by atoms with Gasteiger partial charge in [-0.05, 0) is 11.6 Å². The molecule has 2 rings (SSSR count). The van der Waals surface area contributed by atoms with Crippen LogP contribution in [-0.4, -0.2) is 22.1 Å². The Morgan fingerprint density at radius 3 is 2.72 bits per heavy atom. The maximum Gasteiger partial charge on any atom is 0.320 e. The molecule has 18 heavy (non-hydrogen) atoms. The van der Waals surface area contributed by atoms with Crippen molar-refractivity contribution in [2.75, 3.05) is 0 Å². The Hall–Kier alpha value is -1.66. The first-order chi connectivity index (χ1) is 7.99. The second-order valence-electron chi connectivity index (χ2n) is 3.77. The van der Waals surface area contributed by atoms with Gasteiger partial charge in [0.25, 0.3) is 0 Å². The third kappa shape index (κ3) is 2.60. The highest BCUT2D eigenvalue weighted by atomic mass is 35.5. The van der Waals surface area contributed by atoms with E-state index in [0.29, 0.717) is 10.9 Å². The van der Waals surface area contributed by atoms with E-state index >= 15 is 0 Å². The van der Waals surface area contributed by atoms with Crippen LogP contribution in [-0.2, 0) is 11.2 Å². The standard InChI is InChI=1S/C11H10F2N2O2.ClH/c12-6-2-7-5(1-9(14)11(16)17)4-15-10(7)8(13)3-6;/h2-4,9,15H,1,14H2,(H,16,17);1H/t9-;/m1./s1. The zero-order valence-electron chi connectivity index (χ0n) is 9.11. The van der Waals surface area contributed by atoms with Crippen LogP contribution in [0.25, 0.3) is 10.9 Å². The van der Waals surface area contributed by atoms with Crippen molar-refractivity contribution in [3.05, 3.63) is 35.5 Å². The number of rotatable bonds is 3. The number of fused-ring (bicyclic) bond motifs is 1. The van der Waals surface area contributed by atoms with E-state index in [4.69, 9.17) is 10.8 Å². The first kappa shape index (κ1) is 14.4. The molecule has 7 heteroatoms. The van der Waals surface area contributed by atoms with E-state index in [1.165, 1.54) is 6.20 Å². The highest BCUT2D eigenvalue weighted by Gasteiger charge is 2.16. The SMILES string of the molecule is Cl.N[C@H](Cc1c[nH]c2c(F)cc(F)cc12)C(=O)O. The number of aromatic amines is 1. The van der Waals surface area contributed by atoms with Crippen LogP contribution in [0, 0.1) is 11.6 Å². The van der Waals surface area contributed by atoms with Crippen LogP contribution in [0.3, 0.4) is 0 Å². The van der Waals surface area contributed by atoms with Crippen molar-refractivity contribution in [1.82, 2.24) is 4.98 Å². The second kappa shape index (κ2) is 5.32. The summed E-state index contributed by atoms with van der Waals surface area (Å²) in [5, 5.41) is 9.00. The van der Waals surface area contributed by atoms with Crippen LogP contribution in [0.5, 0.6) is 0 Å². The Bertz CT molecular complexity index is 586. The second-order valence-corrected chi connectivity index (χ2v) is 3.77. The average molecular weight is 277 g/mol. The molecule has 0 unspecified atom stereocenters. The van der Waals surface area contributed by atoms with Gasteiger partial charge in [0.15, 0.2) is 0 Å². The van der Waals surface area contributed by atoms with Crippen LogP contribution in [0.1, 0.15) is 5.56 Å². The van der Waals surface area contributed by atoms with Gasteiger partial charge in [0.1, 0.15) is 17.7 Å². The fourth-order valence-corrected chi connectivity index (χ4v) is 1.70. The summed E-state index contributed by atoms with van der Waals surface area (Å²) in [4.78, 5) is 13.2. The largest absolute Gasteiger partial charge is 0.480 e. The minimum atomic E-state index is -1.16. The molecule has 0 radical (unpaired) electrons. The molecule has 0 saturated heterocycles. The number of hydrogen-bond acceptors (Lipinski definition) is 2. The van der Waals surface area contributed by atoms with Crippen LogP contribution >= 0.6 is 12.4 Å².